The molecule has 0 fully saturated rings. The molecule has 0 heterocycles. The minimum Gasteiger partial charge on any atom is -0.504 e. The van der Waals surface area contributed by atoms with Crippen LogP contribution in [0.5, 0.6) is 11.5 Å². The summed E-state index contributed by atoms with van der Waals surface area (Å²) in [5, 5.41) is 21.9. The maximum atomic E-state index is 9.48. The Hall–Kier alpha value is -1.66. The molecule has 0 aliphatic rings. The van der Waals surface area contributed by atoms with Crippen LogP contribution < -0.4 is 5.32 Å². The normalized spacial score (nSPS) is 9.80. The molecule has 80 valence electrons. The predicted octanol–water partition coefficient (Wildman–Crippen LogP) is 1.60. The van der Waals surface area contributed by atoms with Crippen LogP contribution in [-0.4, -0.2) is 16.8 Å². The van der Waals surface area contributed by atoms with Crippen LogP contribution in [0.2, 0.25) is 0 Å². The topological polar surface area (TPSA) is 52.5 Å². The molecule has 1 aromatic rings. The van der Waals surface area contributed by atoms with E-state index in [0.29, 0.717) is 12.1 Å². The zero-order valence-electron chi connectivity index (χ0n) is 8.53. The number of terminal acetylenes is 1. The van der Waals surface area contributed by atoms with Crippen molar-refractivity contribution < 1.29 is 10.2 Å². The third-order valence-electron chi connectivity index (χ3n) is 2.09. The van der Waals surface area contributed by atoms with Crippen LogP contribution in [0.3, 0.4) is 0 Å². The fraction of sp³-hybridized carbons (Fsp3) is 0.333. The number of unbranched alkanes of at least 4 members (excludes halogenated alkanes) is 1. The summed E-state index contributed by atoms with van der Waals surface area (Å²) < 4.78 is 0. The van der Waals surface area contributed by atoms with Crippen molar-refractivity contribution in [3.05, 3.63) is 23.8 Å². The van der Waals surface area contributed by atoms with Gasteiger partial charge in [0, 0.05) is 18.5 Å². The van der Waals surface area contributed by atoms with Crippen molar-refractivity contribution in [2.24, 2.45) is 0 Å². The Morgan fingerprint density at radius 2 is 2.13 bits per heavy atom. The van der Waals surface area contributed by atoms with Gasteiger partial charge in [0.05, 0.1) is 0 Å². The minimum atomic E-state index is -0.0853. The summed E-state index contributed by atoms with van der Waals surface area (Å²) in [6, 6.07) is 4.92. The number of phenols is 2. The number of phenolic OH excluding ortho intramolecular Hbond substituents is 2. The lowest BCUT2D eigenvalue weighted by molar-refractivity contribution is 0.397. The molecule has 0 atom stereocenters. The average molecular weight is 205 g/mol. The number of nitrogens with one attached hydrogen (secondary N) is 1. The van der Waals surface area contributed by atoms with Crippen molar-refractivity contribution in [2.45, 2.75) is 19.4 Å². The lowest BCUT2D eigenvalue weighted by Crippen LogP contribution is -2.14. The molecule has 0 radical (unpaired) electrons. The van der Waals surface area contributed by atoms with Crippen molar-refractivity contribution in [1.82, 2.24) is 5.32 Å². The molecular weight excluding hydrogens is 190 g/mol. The summed E-state index contributed by atoms with van der Waals surface area (Å²) in [4.78, 5) is 0. The van der Waals surface area contributed by atoms with Crippen molar-refractivity contribution in [1.29, 1.82) is 0 Å². The van der Waals surface area contributed by atoms with Gasteiger partial charge in [-0.2, -0.15) is 0 Å². The van der Waals surface area contributed by atoms with Crippen molar-refractivity contribution in [2.75, 3.05) is 6.54 Å². The zero-order valence-corrected chi connectivity index (χ0v) is 8.53. The van der Waals surface area contributed by atoms with E-state index in [1.165, 1.54) is 6.07 Å². The number of hydrogen-bond acceptors (Lipinski definition) is 3. The maximum Gasteiger partial charge on any atom is 0.161 e. The lowest BCUT2D eigenvalue weighted by atomic mass is 10.2. The molecule has 0 spiro atoms. The molecule has 0 aliphatic carbocycles. The monoisotopic (exact) mass is 205 g/mol. The van der Waals surface area contributed by atoms with Crippen LogP contribution in [0.15, 0.2) is 18.2 Å². The molecular formula is C12H15NO2. The van der Waals surface area contributed by atoms with E-state index < -0.39 is 0 Å². The quantitative estimate of drug-likeness (QED) is 0.389. The molecule has 0 aromatic heterocycles. The molecule has 0 saturated carbocycles. The van der Waals surface area contributed by atoms with Gasteiger partial charge in [0.1, 0.15) is 0 Å². The SMILES string of the molecule is C#CCCCNCc1cccc(O)c1O. The highest BCUT2D eigenvalue weighted by Crippen LogP contribution is 2.27. The molecule has 0 unspecified atom stereocenters. The van der Waals surface area contributed by atoms with Crippen LogP contribution >= 0.6 is 0 Å². The number of rotatable bonds is 5. The van der Waals surface area contributed by atoms with Gasteiger partial charge in [-0.15, -0.1) is 12.3 Å². The predicted molar refractivity (Wildman–Crippen MR) is 59.5 cm³/mol. The van der Waals surface area contributed by atoms with Crippen molar-refractivity contribution in [3.63, 3.8) is 0 Å². The van der Waals surface area contributed by atoms with E-state index in [1.54, 1.807) is 12.1 Å². The second-order valence-electron chi connectivity index (χ2n) is 3.27. The molecule has 1 aromatic carbocycles. The molecule has 3 heteroatoms. The first kappa shape index (κ1) is 11.4. The number of hydrogen-bond donors (Lipinski definition) is 3. The smallest absolute Gasteiger partial charge is 0.161 e. The highest BCUT2D eigenvalue weighted by molar-refractivity contribution is 5.44. The van der Waals surface area contributed by atoms with Crippen LogP contribution in [0, 0.1) is 12.3 Å². The second-order valence-corrected chi connectivity index (χ2v) is 3.27. The van der Waals surface area contributed by atoms with E-state index in [2.05, 4.69) is 11.2 Å². The lowest BCUT2D eigenvalue weighted by Gasteiger charge is -2.06. The summed E-state index contributed by atoms with van der Waals surface area (Å²) in [5.41, 5.74) is 0.690. The highest BCUT2D eigenvalue weighted by Gasteiger charge is 2.04. The summed E-state index contributed by atoms with van der Waals surface area (Å²) in [6.45, 7) is 1.34. The summed E-state index contributed by atoms with van der Waals surface area (Å²) in [7, 11) is 0. The van der Waals surface area contributed by atoms with E-state index in [4.69, 9.17) is 6.42 Å². The third-order valence-corrected chi connectivity index (χ3v) is 2.09. The molecule has 0 saturated heterocycles. The fourth-order valence-electron chi connectivity index (χ4n) is 1.26. The molecule has 15 heavy (non-hydrogen) atoms. The maximum absolute atomic E-state index is 9.48. The number of benzene rings is 1. The van der Waals surface area contributed by atoms with Gasteiger partial charge in [0.25, 0.3) is 0 Å². The van der Waals surface area contributed by atoms with Crippen LogP contribution in [0.4, 0.5) is 0 Å². The van der Waals surface area contributed by atoms with Crippen LogP contribution in [0.25, 0.3) is 0 Å². The third kappa shape index (κ3) is 3.53. The van der Waals surface area contributed by atoms with Gasteiger partial charge >= 0.3 is 0 Å². The van der Waals surface area contributed by atoms with Crippen LogP contribution in [0.1, 0.15) is 18.4 Å². The standard InChI is InChI=1S/C12H15NO2/c1-2-3-4-8-13-9-10-6-5-7-11(14)12(10)15/h1,5-7,13-15H,3-4,8-9H2. The van der Waals surface area contributed by atoms with E-state index >= 15 is 0 Å². The zero-order chi connectivity index (χ0) is 11.1. The van der Waals surface area contributed by atoms with Gasteiger partial charge in [-0.1, -0.05) is 12.1 Å². The van der Waals surface area contributed by atoms with Gasteiger partial charge in [0.15, 0.2) is 11.5 Å². The minimum absolute atomic E-state index is 0.0538. The van der Waals surface area contributed by atoms with E-state index in [9.17, 15) is 10.2 Å². The average Bonchev–Trinajstić information content (AvgIpc) is 2.24. The second kappa shape index (κ2) is 5.94. The van der Waals surface area contributed by atoms with E-state index in [1.807, 2.05) is 0 Å². The van der Waals surface area contributed by atoms with Gasteiger partial charge < -0.3 is 15.5 Å². The van der Waals surface area contributed by atoms with Crippen molar-refractivity contribution >= 4 is 0 Å². The Labute approximate surface area is 89.8 Å². The molecule has 3 nitrogen and oxygen atoms in total. The number of para-hydroxylation sites is 1. The highest BCUT2D eigenvalue weighted by atomic mass is 16.3. The van der Waals surface area contributed by atoms with Crippen molar-refractivity contribution in [3.8, 4) is 23.8 Å². The Bertz CT molecular complexity index is 355. The van der Waals surface area contributed by atoms with E-state index in [0.717, 1.165) is 19.4 Å². The summed E-state index contributed by atoms with van der Waals surface area (Å²) >= 11 is 0. The van der Waals surface area contributed by atoms with Crippen LogP contribution in [-0.2, 0) is 6.54 Å². The summed E-state index contributed by atoms with van der Waals surface area (Å²) in [6.07, 6.45) is 6.78. The fourth-order valence-corrected chi connectivity index (χ4v) is 1.26. The first-order chi connectivity index (χ1) is 7.25. The van der Waals surface area contributed by atoms with Gasteiger partial charge in [-0.05, 0) is 19.0 Å². The molecule has 0 bridgehead atoms. The molecule has 3 N–H and O–H groups in total. The Morgan fingerprint density at radius 1 is 1.33 bits per heavy atom. The first-order valence-electron chi connectivity index (χ1n) is 4.89. The molecule has 0 amide bonds. The Balaban J connectivity index is 2.38. The summed E-state index contributed by atoms with van der Waals surface area (Å²) in [5.74, 6) is 2.42. The largest absolute Gasteiger partial charge is 0.504 e. The van der Waals surface area contributed by atoms with Gasteiger partial charge in [0.2, 0.25) is 0 Å². The first-order valence-corrected chi connectivity index (χ1v) is 4.89. The molecule has 1 rings (SSSR count). The Kier molecular flexibility index (Phi) is 4.52. The number of aromatic hydroxyl groups is 2. The van der Waals surface area contributed by atoms with Gasteiger partial charge in [-0.25, -0.2) is 0 Å². The van der Waals surface area contributed by atoms with Gasteiger partial charge in [-0.3, -0.25) is 0 Å². The molecule has 0 aliphatic heterocycles. The van der Waals surface area contributed by atoms with E-state index in [-0.39, 0.29) is 11.5 Å². The Morgan fingerprint density at radius 3 is 2.87 bits per heavy atom.